The number of nitrogens with one attached hydrogen (secondary N) is 1. The Morgan fingerprint density at radius 1 is 1.16 bits per heavy atom. The summed E-state index contributed by atoms with van der Waals surface area (Å²) in [5.41, 5.74) is 8.49. The lowest BCUT2D eigenvalue weighted by Crippen LogP contribution is -2.12. The summed E-state index contributed by atoms with van der Waals surface area (Å²) in [4.78, 5) is 12.1. The van der Waals surface area contributed by atoms with E-state index in [1.54, 1.807) is 31.4 Å². The van der Waals surface area contributed by atoms with E-state index >= 15 is 0 Å². The van der Waals surface area contributed by atoms with Gasteiger partial charge in [0.2, 0.25) is 0 Å². The van der Waals surface area contributed by atoms with Crippen molar-refractivity contribution in [3.8, 4) is 5.75 Å². The highest BCUT2D eigenvalue weighted by Crippen LogP contribution is 2.25. The highest BCUT2D eigenvalue weighted by atomic mass is 16.5. The van der Waals surface area contributed by atoms with Crippen LogP contribution in [0.4, 0.5) is 11.4 Å². The Morgan fingerprint density at radius 2 is 1.84 bits per heavy atom. The Labute approximate surface area is 112 Å². The third kappa shape index (κ3) is 3.04. The maximum Gasteiger partial charge on any atom is 0.255 e. The number of rotatable bonds is 3. The standard InChI is InChI=1S/C15H16N2O2/c1-10-3-8-13(14(9-10)19-2)17-15(18)11-4-6-12(16)7-5-11/h3-9H,16H2,1-2H3,(H,17,18). The van der Waals surface area contributed by atoms with E-state index < -0.39 is 0 Å². The van der Waals surface area contributed by atoms with E-state index in [0.717, 1.165) is 5.56 Å². The number of nitrogen functional groups attached to an aromatic ring is 1. The number of benzene rings is 2. The molecule has 2 aromatic rings. The van der Waals surface area contributed by atoms with Crippen LogP contribution >= 0.6 is 0 Å². The second-order valence-electron chi connectivity index (χ2n) is 4.28. The van der Waals surface area contributed by atoms with E-state index in [9.17, 15) is 4.79 Å². The summed E-state index contributed by atoms with van der Waals surface area (Å²) in [6.45, 7) is 1.97. The lowest BCUT2D eigenvalue weighted by atomic mass is 10.1. The molecule has 2 rings (SSSR count). The second-order valence-corrected chi connectivity index (χ2v) is 4.28. The molecule has 0 spiro atoms. The molecule has 0 saturated carbocycles. The number of hydrogen-bond donors (Lipinski definition) is 2. The highest BCUT2D eigenvalue weighted by molar-refractivity contribution is 6.05. The van der Waals surface area contributed by atoms with Crippen LogP contribution in [0.25, 0.3) is 0 Å². The van der Waals surface area contributed by atoms with E-state index in [1.807, 2.05) is 25.1 Å². The summed E-state index contributed by atoms with van der Waals surface area (Å²) in [7, 11) is 1.58. The molecule has 0 aliphatic heterocycles. The minimum Gasteiger partial charge on any atom is -0.495 e. The maximum atomic E-state index is 12.1. The zero-order valence-electron chi connectivity index (χ0n) is 10.9. The molecule has 0 fully saturated rings. The minimum atomic E-state index is -0.192. The molecule has 0 radical (unpaired) electrons. The van der Waals surface area contributed by atoms with Gasteiger partial charge in [0, 0.05) is 11.3 Å². The summed E-state index contributed by atoms with van der Waals surface area (Å²) in [6, 6.07) is 12.4. The van der Waals surface area contributed by atoms with E-state index in [4.69, 9.17) is 10.5 Å². The fraction of sp³-hybridized carbons (Fsp3) is 0.133. The van der Waals surface area contributed by atoms with Crippen molar-refractivity contribution in [1.29, 1.82) is 0 Å². The summed E-state index contributed by atoms with van der Waals surface area (Å²) in [5, 5.41) is 2.82. The van der Waals surface area contributed by atoms with Gasteiger partial charge in [-0.2, -0.15) is 0 Å². The van der Waals surface area contributed by atoms with E-state index in [0.29, 0.717) is 22.7 Å². The smallest absolute Gasteiger partial charge is 0.255 e. The Kier molecular flexibility index (Phi) is 3.71. The molecule has 2 aromatic carbocycles. The number of carbonyl (C=O) groups excluding carboxylic acids is 1. The molecule has 0 heterocycles. The van der Waals surface area contributed by atoms with Crippen LogP contribution in [0.1, 0.15) is 15.9 Å². The van der Waals surface area contributed by atoms with E-state index in [-0.39, 0.29) is 5.91 Å². The molecule has 0 saturated heterocycles. The van der Waals surface area contributed by atoms with Crippen molar-refractivity contribution in [2.45, 2.75) is 6.92 Å². The molecular weight excluding hydrogens is 240 g/mol. The van der Waals surface area contributed by atoms with E-state index in [2.05, 4.69) is 5.32 Å². The first-order chi connectivity index (χ1) is 9.10. The van der Waals surface area contributed by atoms with Crippen LogP contribution < -0.4 is 15.8 Å². The Bertz CT molecular complexity index is 592. The Hall–Kier alpha value is -2.49. The first kappa shape index (κ1) is 13.0. The lowest BCUT2D eigenvalue weighted by molar-refractivity contribution is 0.102. The third-order valence-corrected chi connectivity index (χ3v) is 2.78. The number of methoxy groups -OCH3 is 1. The second kappa shape index (κ2) is 5.44. The van der Waals surface area contributed by atoms with Gasteiger partial charge in [-0.3, -0.25) is 4.79 Å². The van der Waals surface area contributed by atoms with Crippen molar-refractivity contribution < 1.29 is 9.53 Å². The lowest BCUT2D eigenvalue weighted by Gasteiger charge is -2.11. The van der Waals surface area contributed by atoms with Gasteiger partial charge < -0.3 is 15.8 Å². The van der Waals surface area contributed by atoms with Crippen molar-refractivity contribution in [1.82, 2.24) is 0 Å². The highest BCUT2D eigenvalue weighted by Gasteiger charge is 2.09. The molecule has 0 atom stereocenters. The molecule has 4 nitrogen and oxygen atoms in total. The third-order valence-electron chi connectivity index (χ3n) is 2.78. The van der Waals surface area contributed by atoms with Crippen LogP contribution in [0, 0.1) is 6.92 Å². The van der Waals surface area contributed by atoms with Gasteiger partial charge in [0.05, 0.1) is 12.8 Å². The average molecular weight is 256 g/mol. The zero-order chi connectivity index (χ0) is 13.8. The summed E-state index contributed by atoms with van der Waals surface area (Å²) >= 11 is 0. The van der Waals surface area contributed by atoms with Gasteiger partial charge in [-0.05, 0) is 48.9 Å². The molecule has 0 unspecified atom stereocenters. The first-order valence-electron chi connectivity index (χ1n) is 5.91. The molecule has 0 bridgehead atoms. The van der Waals surface area contributed by atoms with Gasteiger partial charge >= 0.3 is 0 Å². The van der Waals surface area contributed by atoms with Gasteiger partial charge in [-0.1, -0.05) is 6.07 Å². The topological polar surface area (TPSA) is 64.3 Å². The van der Waals surface area contributed by atoms with Gasteiger partial charge in [-0.15, -0.1) is 0 Å². The summed E-state index contributed by atoms with van der Waals surface area (Å²) in [5.74, 6) is 0.450. The molecule has 1 amide bonds. The fourth-order valence-electron chi connectivity index (χ4n) is 1.73. The number of nitrogens with two attached hydrogens (primary N) is 1. The van der Waals surface area contributed by atoms with Crippen molar-refractivity contribution in [2.75, 3.05) is 18.2 Å². The number of aryl methyl sites for hydroxylation is 1. The Balaban J connectivity index is 2.21. The quantitative estimate of drug-likeness (QED) is 0.830. The van der Waals surface area contributed by atoms with Crippen molar-refractivity contribution in [2.24, 2.45) is 0 Å². The van der Waals surface area contributed by atoms with Crippen molar-refractivity contribution in [3.05, 3.63) is 53.6 Å². The summed E-state index contributed by atoms with van der Waals surface area (Å²) in [6.07, 6.45) is 0. The van der Waals surface area contributed by atoms with Crippen LogP contribution in [0.5, 0.6) is 5.75 Å². The molecule has 3 N–H and O–H groups in total. The number of ether oxygens (including phenoxy) is 1. The van der Waals surface area contributed by atoms with Crippen LogP contribution in [-0.4, -0.2) is 13.0 Å². The normalized spacial score (nSPS) is 10.0. The van der Waals surface area contributed by atoms with Gasteiger partial charge in [0.1, 0.15) is 5.75 Å². The first-order valence-corrected chi connectivity index (χ1v) is 5.91. The SMILES string of the molecule is COc1cc(C)ccc1NC(=O)c1ccc(N)cc1. The number of hydrogen-bond acceptors (Lipinski definition) is 3. The van der Waals surface area contributed by atoms with Crippen LogP contribution in [0.3, 0.4) is 0 Å². The molecule has 98 valence electrons. The minimum absolute atomic E-state index is 0.192. The molecule has 4 heteroatoms. The van der Waals surface area contributed by atoms with Crippen LogP contribution in [0.2, 0.25) is 0 Å². The van der Waals surface area contributed by atoms with Crippen LogP contribution in [-0.2, 0) is 0 Å². The molecule has 19 heavy (non-hydrogen) atoms. The van der Waals surface area contributed by atoms with Gasteiger partial charge in [-0.25, -0.2) is 0 Å². The molecular formula is C15H16N2O2. The zero-order valence-corrected chi connectivity index (χ0v) is 10.9. The predicted octanol–water partition coefficient (Wildman–Crippen LogP) is 2.84. The maximum absolute atomic E-state index is 12.1. The van der Waals surface area contributed by atoms with Crippen molar-refractivity contribution in [3.63, 3.8) is 0 Å². The monoisotopic (exact) mass is 256 g/mol. The van der Waals surface area contributed by atoms with Gasteiger partial charge in [0.25, 0.3) is 5.91 Å². The van der Waals surface area contributed by atoms with Gasteiger partial charge in [0.15, 0.2) is 0 Å². The molecule has 0 aliphatic carbocycles. The molecule has 0 aliphatic rings. The largest absolute Gasteiger partial charge is 0.495 e. The number of anilines is 2. The number of carbonyl (C=O) groups is 1. The summed E-state index contributed by atoms with van der Waals surface area (Å²) < 4.78 is 5.25. The van der Waals surface area contributed by atoms with E-state index in [1.165, 1.54) is 0 Å². The molecule has 0 aromatic heterocycles. The Morgan fingerprint density at radius 3 is 2.47 bits per heavy atom. The predicted molar refractivity (Wildman–Crippen MR) is 76.5 cm³/mol. The van der Waals surface area contributed by atoms with Crippen LogP contribution in [0.15, 0.2) is 42.5 Å². The fourth-order valence-corrected chi connectivity index (χ4v) is 1.73. The average Bonchev–Trinajstić information content (AvgIpc) is 2.41. The number of amides is 1. The van der Waals surface area contributed by atoms with Crippen molar-refractivity contribution >= 4 is 17.3 Å².